The van der Waals surface area contributed by atoms with Crippen molar-refractivity contribution in [1.29, 1.82) is 0 Å². The van der Waals surface area contributed by atoms with E-state index in [1.54, 1.807) is 4.90 Å². The zero-order chi connectivity index (χ0) is 27.8. The van der Waals surface area contributed by atoms with Gasteiger partial charge in [-0.1, -0.05) is 6.07 Å². The highest BCUT2D eigenvalue weighted by Crippen LogP contribution is 2.58. The van der Waals surface area contributed by atoms with Gasteiger partial charge in [0.2, 0.25) is 5.43 Å². The summed E-state index contributed by atoms with van der Waals surface area (Å²) in [6.07, 6.45) is -4.68. The monoisotopic (exact) mass is 551 g/mol. The molecule has 1 amide bonds. The molecule has 5 atom stereocenters. The maximum Gasteiger partial charge on any atom is 0.260 e. The Morgan fingerprint density at radius 2 is 1.82 bits per heavy atom. The van der Waals surface area contributed by atoms with E-state index in [-0.39, 0.29) is 70.1 Å². The van der Waals surface area contributed by atoms with E-state index < -0.39 is 47.2 Å². The van der Waals surface area contributed by atoms with Crippen LogP contribution < -0.4 is 10.2 Å². The van der Waals surface area contributed by atoms with Gasteiger partial charge in [0.25, 0.3) is 5.91 Å². The van der Waals surface area contributed by atoms with E-state index in [1.165, 1.54) is 0 Å². The zero-order valence-electron chi connectivity index (χ0n) is 21.3. The summed E-state index contributed by atoms with van der Waals surface area (Å²) >= 11 is 0. The quantitative estimate of drug-likeness (QED) is 0.273. The molecule has 3 aliphatic heterocycles. The second-order valence-electron chi connectivity index (χ2n) is 11.2. The van der Waals surface area contributed by atoms with Crippen molar-refractivity contribution in [3.05, 3.63) is 49.9 Å². The maximum absolute atomic E-state index is 13.8. The van der Waals surface area contributed by atoms with E-state index >= 15 is 0 Å². The Bertz CT molecular complexity index is 1750. The molecule has 3 aromatic rings. The van der Waals surface area contributed by atoms with E-state index in [4.69, 9.17) is 18.6 Å². The Morgan fingerprint density at radius 1 is 1.02 bits per heavy atom. The number of carbonyl (C=O) groups excluding carboxylic acids is 1. The predicted molar refractivity (Wildman–Crippen MR) is 134 cm³/mol. The Labute approximate surface area is 225 Å². The van der Waals surface area contributed by atoms with Crippen molar-refractivity contribution in [2.45, 2.75) is 56.3 Å². The zero-order valence-corrected chi connectivity index (χ0v) is 21.3. The number of aromatic hydroxyl groups is 2. The lowest BCUT2D eigenvalue weighted by Crippen LogP contribution is -2.51. The third kappa shape index (κ3) is 2.82. The summed E-state index contributed by atoms with van der Waals surface area (Å²) < 4.78 is 23.4. The van der Waals surface area contributed by atoms with Gasteiger partial charge in [-0.25, -0.2) is 0 Å². The standard InChI is InChI=1S/C28H25NO11/c1-28-7-10-4-9-5-13-17-18(14(9)21(33)15(10)27(36)29(28)2-3-39-28)23(35)19-22(34)16-11(30)6-12(31)20(32)24(16)40-26(19)25(17)38-8-37-13/h4,11-13,20,30-33,35H,2-3,5-8H2,1H3/t11-,12+,13+,20-,28+/m0/s1. The molecular formula is C28H25NO11. The lowest BCUT2D eigenvalue weighted by molar-refractivity contribution is -0.0600. The second-order valence-corrected chi connectivity index (χ2v) is 11.2. The maximum atomic E-state index is 13.8. The summed E-state index contributed by atoms with van der Waals surface area (Å²) in [5, 5.41) is 54.4. The number of ether oxygens (including phenoxy) is 3. The average molecular weight is 552 g/mol. The van der Waals surface area contributed by atoms with Crippen molar-refractivity contribution >= 4 is 16.9 Å². The molecule has 1 aromatic heterocycles. The van der Waals surface area contributed by atoms with E-state index in [1.807, 2.05) is 13.0 Å². The third-order valence-electron chi connectivity index (χ3n) is 8.99. The molecule has 5 aliphatic rings. The van der Waals surface area contributed by atoms with Crippen molar-refractivity contribution < 1.29 is 49.0 Å². The van der Waals surface area contributed by atoms with Gasteiger partial charge in [-0.15, -0.1) is 0 Å². The van der Waals surface area contributed by atoms with Gasteiger partial charge in [-0.3, -0.25) is 9.59 Å². The number of carbonyl (C=O) groups is 1. The van der Waals surface area contributed by atoms with Crippen LogP contribution in [0.15, 0.2) is 15.3 Å². The van der Waals surface area contributed by atoms with E-state index in [9.17, 15) is 35.1 Å². The molecule has 5 N–H and O–H groups in total. The minimum Gasteiger partial charge on any atom is -0.506 e. The molecule has 8 rings (SSSR count). The predicted octanol–water partition coefficient (Wildman–Crippen LogP) is 1.41. The fraction of sp³-hybridized carbons (Fsp3) is 0.429. The van der Waals surface area contributed by atoms with Crippen LogP contribution in [-0.2, 0) is 22.3 Å². The highest BCUT2D eigenvalue weighted by molar-refractivity contribution is 6.06. The van der Waals surface area contributed by atoms with Crippen molar-refractivity contribution in [1.82, 2.24) is 4.90 Å². The number of phenols is 2. The molecule has 0 spiro atoms. The van der Waals surface area contributed by atoms with Gasteiger partial charge in [0.15, 0.2) is 18.1 Å². The summed E-state index contributed by atoms with van der Waals surface area (Å²) in [7, 11) is 0. The number of phenolic OH excluding ortho intramolecular Hbond substituents is 2. The molecule has 40 heavy (non-hydrogen) atoms. The Kier molecular flexibility index (Phi) is 4.67. The third-order valence-corrected chi connectivity index (χ3v) is 8.99. The first-order valence-electron chi connectivity index (χ1n) is 13.1. The van der Waals surface area contributed by atoms with Gasteiger partial charge in [-0.05, 0) is 18.1 Å². The molecule has 12 heteroatoms. The van der Waals surface area contributed by atoms with Crippen LogP contribution in [0.5, 0.6) is 17.2 Å². The Balaban J connectivity index is 1.45. The molecule has 0 saturated carbocycles. The van der Waals surface area contributed by atoms with Crippen LogP contribution in [0.3, 0.4) is 0 Å². The van der Waals surface area contributed by atoms with Crippen LogP contribution in [0, 0.1) is 0 Å². The summed E-state index contributed by atoms with van der Waals surface area (Å²) in [5.74, 6) is -1.48. The fourth-order valence-corrected chi connectivity index (χ4v) is 7.16. The SMILES string of the molecule is C[C@@]12Cc3cc4c(c(O)c3C(=O)N1CCO2)-c1c2c(c3oc5c(c(=O)c3c1O)[C@@H](O)C[C@@H](O)[C@@H]5O)OCO[C@@H]2C4. The number of aliphatic hydroxyl groups is 3. The van der Waals surface area contributed by atoms with E-state index in [0.29, 0.717) is 36.3 Å². The topological polar surface area (TPSA) is 179 Å². The highest BCUT2D eigenvalue weighted by atomic mass is 16.7. The van der Waals surface area contributed by atoms with Crippen LogP contribution in [0.1, 0.15) is 70.0 Å². The van der Waals surface area contributed by atoms with Crippen molar-refractivity contribution in [3.63, 3.8) is 0 Å². The summed E-state index contributed by atoms with van der Waals surface area (Å²) in [5.41, 5.74) is -0.153. The van der Waals surface area contributed by atoms with Gasteiger partial charge in [0.05, 0.1) is 36.0 Å². The van der Waals surface area contributed by atoms with Crippen molar-refractivity contribution in [2.75, 3.05) is 19.9 Å². The molecule has 1 fully saturated rings. The molecule has 12 nitrogen and oxygen atoms in total. The first-order valence-corrected chi connectivity index (χ1v) is 13.1. The molecule has 1 saturated heterocycles. The number of nitrogens with zero attached hydrogens (tertiary/aromatic N) is 1. The fourth-order valence-electron chi connectivity index (χ4n) is 7.16. The smallest absolute Gasteiger partial charge is 0.260 e. The molecular weight excluding hydrogens is 526 g/mol. The van der Waals surface area contributed by atoms with Crippen LogP contribution in [0.4, 0.5) is 0 Å². The van der Waals surface area contributed by atoms with Crippen LogP contribution in [0.25, 0.3) is 22.1 Å². The average Bonchev–Trinajstić information content (AvgIpc) is 3.30. The van der Waals surface area contributed by atoms with Crippen LogP contribution >= 0.6 is 0 Å². The molecule has 2 aromatic carbocycles. The molecule has 208 valence electrons. The second kappa shape index (κ2) is 7.74. The first kappa shape index (κ1) is 24.1. The number of benzene rings is 2. The van der Waals surface area contributed by atoms with Gasteiger partial charge in [-0.2, -0.15) is 0 Å². The summed E-state index contributed by atoms with van der Waals surface area (Å²) in [6, 6.07) is 1.81. The lowest BCUT2D eigenvalue weighted by atomic mass is 9.77. The molecule has 4 heterocycles. The highest BCUT2D eigenvalue weighted by Gasteiger charge is 2.49. The summed E-state index contributed by atoms with van der Waals surface area (Å²) in [4.78, 5) is 28.9. The van der Waals surface area contributed by atoms with Gasteiger partial charge >= 0.3 is 0 Å². The van der Waals surface area contributed by atoms with Crippen molar-refractivity contribution in [3.8, 4) is 28.4 Å². The summed E-state index contributed by atoms with van der Waals surface area (Å²) in [6.45, 7) is 2.39. The Morgan fingerprint density at radius 3 is 2.62 bits per heavy atom. The number of fused-ring (bicyclic) bond motifs is 7. The van der Waals surface area contributed by atoms with Gasteiger partial charge in [0.1, 0.15) is 34.5 Å². The minimum atomic E-state index is -1.57. The molecule has 0 bridgehead atoms. The normalized spacial score (nSPS) is 29.8. The first-order chi connectivity index (χ1) is 19.1. The number of rotatable bonds is 0. The van der Waals surface area contributed by atoms with Gasteiger partial charge < -0.3 is 49.1 Å². The lowest BCUT2D eigenvalue weighted by Gasteiger charge is -2.40. The largest absolute Gasteiger partial charge is 0.506 e. The number of amides is 1. The van der Waals surface area contributed by atoms with Gasteiger partial charge in [0, 0.05) is 42.5 Å². The number of hydrogen-bond acceptors (Lipinski definition) is 11. The molecule has 0 unspecified atom stereocenters. The minimum absolute atomic E-state index is 0.0747. The van der Waals surface area contributed by atoms with Crippen LogP contribution in [0.2, 0.25) is 0 Å². The van der Waals surface area contributed by atoms with E-state index in [0.717, 1.165) is 0 Å². The van der Waals surface area contributed by atoms with Crippen molar-refractivity contribution in [2.24, 2.45) is 0 Å². The van der Waals surface area contributed by atoms with Crippen LogP contribution in [-0.4, -0.2) is 68.1 Å². The molecule has 0 radical (unpaired) electrons. The number of aliphatic hydroxyl groups excluding tert-OH is 3. The van der Waals surface area contributed by atoms with E-state index in [2.05, 4.69) is 0 Å². The molecule has 2 aliphatic carbocycles. The Hall–Kier alpha value is -3.68. The number of hydrogen-bond donors (Lipinski definition) is 5.